The van der Waals surface area contributed by atoms with E-state index in [1.807, 2.05) is 11.9 Å². The molecular formula is C14H21F2N3. The molecule has 1 unspecified atom stereocenters. The van der Waals surface area contributed by atoms with Gasteiger partial charge in [-0.2, -0.15) is 0 Å². The van der Waals surface area contributed by atoms with Crippen LogP contribution in [-0.2, 0) is 0 Å². The molecule has 1 aromatic carbocycles. The third-order valence-corrected chi connectivity index (χ3v) is 3.66. The Morgan fingerprint density at radius 1 is 1.32 bits per heavy atom. The van der Waals surface area contributed by atoms with Gasteiger partial charge in [0.15, 0.2) is 0 Å². The van der Waals surface area contributed by atoms with Gasteiger partial charge in [0.05, 0.1) is 5.69 Å². The Kier molecular flexibility index (Phi) is 4.71. The van der Waals surface area contributed by atoms with Gasteiger partial charge in [-0.3, -0.25) is 4.90 Å². The molecule has 1 heterocycles. The van der Waals surface area contributed by atoms with Gasteiger partial charge in [0.25, 0.3) is 0 Å². The summed E-state index contributed by atoms with van der Waals surface area (Å²) in [7, 11) is 1.94. The number of nitrogens with one attached hydrogen (secondary N) is 1. The average molecular weight is 269 g/mol. The molecule has 1 aromatic rings. The minimum absolute atomic E-state index is 0.367. The monoisotopic (exact) mass is 269 g/mol. The summed E-state index contributed by atoms with van der Waals surface area (Å²) in [5, 5.41) is 3.14. The highest BCUT2D eigenvalue weighted by Gasteiger charge is 2.24. The predicted octanol–water partition coefficient (Wildman–Crippen LogP) is 1.69. The second-order valence-electron chi connectivity index (χ2n) is 5.03. The van der Waals surface area contributed by atoms with Crippen molar-refractivity contribution in [2.45, 2.75) is 13.0 Å². The number of hydrogen-bond acceptors (Lipinski definition) is 3. The molecule has 0 bridgehead atoms. The number of hydrogen-bond donors (Lipinski definition) is 1. The molecule has 1 aliphatic rings. The molecule has 0 aliphatic carbocycles. The number of piperazine rings is 1. The molecule has 2 rings (SSSR count). The molecule has 0 amide bonds. The maximum atomic E-state index is 13.8. The highest BCUT2D eigenvalue weighted by molar-refractivity contribution is 5.48. The second kappa shape index (κ2) is 6.30. The van der Waals surface area contributed by atoms with Crippen molar-refractivity contribution in [3.05, 3.63) is 29.8 Å². The van der Waals surface area contributed by atoms with Crippen molar-refractivity contribution in [1.82, 2.24) is 10.2 Å². The molecule has 1 aliphatic heterocycles. The van der Waals surface area contributed by atoms with E-state index >= 15 is 0 Å². The third kappa shape index (κ3) is 3.42. The fraction of sp³-hybridized carbons (Fsp3) is 0.571. The third-order valence-electron chi connectivity index (χ3n) is 3.66. The number of likely N-dealkylation sites (N-methyl/N-ethyl adjacent to an activating group) is 1. The zero-order chi connectivity index (χ0) is 13.8. The number of rotatable bonds is 4. The minimum Gasteiger partial charge on any atom is -0.366 e. The van der Waals surface area contributed by atoms with Crippen molar-refractivity contribution >= 4 is 5.69 Å². The van der Waals surface area contributed by atoms with Crippen LogP contribution in [0.2, 0.25) is 0 Å². The summed E-state index contributed by atoms with van der Waals surface area (Å²) in [5.74, 6) is -1.00. The quantitative estimate of drug-likeness (QED) is 0.897. The van der Waals surface area contributed by atoms with Crippen molar-refractivity contribution in [1.29, 1.82) is 0 Å². The lowest BCUT2D eigenvalue weighted by atomic mass is 10.1. The SMILES string of the molecule is CNCCN1CCN(c2ccc(F)cc2F)CC1C. The zero-order valence-corrected chi connectivity index (χ0v) is 11.5. The van der Waals surface area contributed by atoms with E-state index in [1.54, 1.807) is 0 Å². The van der Waals surface area contributed by atoms with Crippen LogP contribution in [0.15, 0.2) is 18.2 Å². The second-order valence-corrected chi connectivity index (χ2v) is 5.03. The fourth-order valence-corrected chi connectivity index (χ4v) is 2.54. The Hall–Kier alpha value is -1.20. The largest absolute Gasteiger partial charge is 0.366 e. The van der Waals surface area contributed by atoms with Gasteiger partial charge in [-0.15, -0.1) is 0 Å². The Morgan fingerprint density at radius 2 is 2.11 bits per heavy atom. The molecule has 0 saturated carbocycles. The van der Waals surface area contributed by atoms with Gasteiger partial charge in [-0.25, -0.2) is 8.78 Å². The lowest BCUT2D eigenvalue weighted by Crippen LogP contribution is -2.53. The van der Waals surface area contributed by atoms with Crippen molar-refractivity contribution < 1.29 is 8.78 Å². The van der Waals surface area contributed by atoms with E-state index in [-0.39, 0.29) is 0 Å². The van der Waals surface area contributed by atoms with Crippen LogP contribution in [0, 0.1) is 11.6 Å². The van der Waals surface area contributed by atoms with Crippen molar-refractivity contribution in [2.24, 2.45) is 0 Å². The Bertz CT molecular complexity index is 425. The van der Waals surface area contributed by atoms with Crippen LogP contribution in [0.3, 0.4) is 0 Å². The fourth-order valence-electron chi connectivity index (χ4n) is 2.54. The normalized spacial score (nSPS) is 20.8. The number of anilines is 1. The van der Waals surface area contributed by atoms with E-state index in [0.717, 1.165) is 38.8 Å². The molecule has 0 radical (unpaired) electrons. The summed E-state index contributed by atoms with van der Waals surface area (Å²) in [6, 6.07) is 4.16. The van der Waals surface area contributed by atoms with Crippen LogP contribution in [0.25, 0.3) is 0 Å². The van der Waals surface area contributed by atoms with Gasteiger partial charge >= 0.3 is 0 Å². The van der Waals surface area contributed by atoms with E-state index in [2.05, 4.69) is 17.1 Å². The molecule has 5 heteroatoms. The van der Waals surface area contributed by atoms with E-state index in [1.165, 1.54) is 12.1 Å². The van der Waals surface area contributed by atoms with Crippen LogP contribution in [0.1, 0.15) is 6.92 Å². The molecule has 1 fully saturated rings. The topological polar surface area (TPSA) is 18.5 Å². The Balaban J connectivity index is 2.01. The van der Waals surface area contributed by atoms with Crippen molar-refractivity contribution in [2.75, 3.05) is 44.7 Å². The first-order valence-corrected chi connectivity index (χ1v) is 6.70. The summed E-state index contributed by atoms with van der Waals surface area (Å²) in [5.41, 5.74) is 0.501. The Labute approximate surface area is 113 Å². The summed E-state index contributed by atoms with van der Waals surface area (Å²) in [6.45, 7) is 6.54. The molecule has 0 spiro atoms. The van der Waals surface area contributed by atoms with Gasteiger partial charge in [0.2, 0.25) is 0 Å². The summed E-state index contributed by atoms with van der Waals surface area (Å²) in [6.07, 6.45) is 0. The van der Waals surface area contributed by atoms with E-state index < -0.39 is 11.6 Å². The van der Waals surface area contributed by atoms with Crippen LogP contribution in [0.4, 0.5) is 14.5 Å². The summed E-state index contributed by atoms with van der Waals surface area (Å²) < 4.78 is 26.7. The zero-order valence-electron chi connectivity index (χ0n) is 11.5. The first-order chi connectivity index (χ1) is 9.11. The molecule has 1 saturated heterocycles. The van der Waals surface area contributed by atoms with Crippen LogP contribution in [-0.4, -0.2) is 50.7 Å². The van der Waals surface area contributed by atoms with Gasteiger partial charge in [-0.1, -0.05) is 0 Å². The average Bonchev–Trinajstić information content (AvgIpc) is 2.37. The van der Waals surface area contributed by atoms with E-state index in [9.17, 15) is 8.78 Å². The van der Waals surface area contributed by atoms with Gasteiger partial charge in [0.1, 0.15) is 11.6 Å². The smallest absolute Gasteiger partial charge is 0.149 e. The molecule has 1 atom stereocenters. The highest BCUT2D eigenvalue weighted by Crippen LogP contribution is 2.23. The first-order valence-electron chi connectivity index (χ1n) is 6.70. The first kappa shape index (κ1) is 14.2. The molecule has 19 heavy (non-hydrogen) atoms. The molecular weight excluding hydrogens is 248 g/mol. The maximum Gasteiger partial charge on any atom is 0.149 e. The lowest BCUT2D eigenvalue weighted by molar-refractivity contribution is 0.191. The molecule has 3 nitrogen and oxygen atoms in total. The molecule has 1 N–H and O–H groups in total. The van der Waals surface area contributed by atoms with Gasteiger partial charge in [0, 0.05) is 44.8 Å². The highest BCUT2D eigenvalue weighted by atomic mass is 19.1. The van der Waals surface area contributed by atoms with Crippen LogP contribution in [0.5, 0.6) is 0 Å². The van der Waals surface area contributed by atoms with Crippen LogP contribution >= 0.6 is 0 Å². The van der Waals surface area contributed by atoms with Crippen molar-refractivity contribution in [3.8, 4) is 0 Å². The van der Waals surface area contributed by atoms with E-state index in [0.29, 0.717) is 11.7 Å². The van der Waals surface area contributed by atoms with Gasteiger partial charge < -0.3 is 10.2 Å². The Morgan fingerprint density at radius 3 is 2.74 bits per heavy atom. The summed E-state index contributed by atoms with van der Waals surface area (Å²) >= 11 is 0. The number of benzene rings is 1. The van der Waals surface area contributed by atoms with Crippen molar-refractivity contribution in [3.63, 3.8) is 0 Å². The summed E-state index contributed by atoms with van der Waals surface area (Å²) in [4.78, 5) is 4.38. The predicted molar refractivity (Wildman–Crippen MR) is 73.5 cm³/mol. The lowest BCUT2D eigenvalue weighted by Gasteiger charge is -2.41. The van der Waals surface area contributed by atoms with Crippen LogP contribution < -0.4 is 10.2 Å². The minimum atomic E-state index is -0.526. The van der Waals surface area contributed by atoms with Gasteiger partial charge in [-0.05, 0) is 26.1 Å². The standard InChI is InChI=1S/C14H21F2N3/c1-11-10-19(8-7-18(11)6-5-17-2)14-4-3-12(15)9-13(14)16/h3-4,9,11,17H,5-8,10H2,1-2H3. The maximum absolute atomic E-state index is 13.8. The molecule has 0 aromatic heterocycles. The number of nitrogens with zero attached hydrogens (tertiary/aromatic N) is 2. The number of halogens is 2. The van der Waals surface area contributed by atoms with E-state index in [4.69, 9.17) is 0 Å². The molecule has 106 valence electrons.